The van der Waals surface area contributed by atoms with E-state index in [0.29, 0.717) is 0 Å². The van der Waals surface area contributed by atoms with Crippen molar-refractivity contribution in [2.24, 2.45) is 5.14 Å². The highest BCUT2D eigenvalue weighted by Crippen LogP contribution is 2.30. The van der Waals surface area contributed by atoms with Crippen molar-refractivity contribution >= 4 is 21.7 Å². The van der Waals surface area contributed by atoms with Crippen molar-refractivity contribution < 1.29 is 23.1 Å². The minimum atomic E-state index is -4.00. The Morgan fingerprint density at radius 2 is 2.09 bits per heavy atom. The van der Waals surface area contributed by atoms with Crippen LogP contribution in [0, 0.1) is 11.3 Å². The molecule has 0 spiro atoms. The Balaban J connectivity index is 2.73. The number of nitrogens with two attached hydrogens (primary N) is 2. The first-order valence-electron chi connectivity index (χ1n) is 6.06. The van der Waals surface area contributed by atoms with Crippen LogP contribution in [0.1, 0.15) is 16.1 Å². The Kier molecular flexibility index (Phi) is 4.00. The normalized spacial score (nSPS) is 11.0. The molecule has 120 valence electrons. The van der Waals surface area contributed by atoms with Crippen LogP contribution in [0.15, 0.2) is 29.3 Å². The van der Waals surface area contributed by atoms with Gasteiger partial charge in [-0.15, -0.1) is 0 Å². The van der Waals surface area contributed by atoms with Gasteiger partial charge >= 0.3 is 5.97 Å². The number of carbonyl (C=O) groups excluding carboxylic acids is 1. The number of nitrogen functional groups attached to an aromatic ring is 1. The van der Waals surface area contributed by atoms with E-state index in [-0.39, 0.29) is 27.5 Å². The maximum absolute atomic E-state index is 11.9. The fraction of sp³-hybridized carbons (Fsp3) is 0.0769. The van der Waals surface area contributed by atoms with Gasteiger partial charge in [-0.3, -0.25) is 0 Å². The van der Waals surface area contributed by atoms with Crippen LogP contribution in [0.25, 0.3) is 5.69 Å². The summed E-state index contributed by atoms with van der Waals surface area (Å²) in [5.41, 5.74) is 5.49. The number of nitriles is 1. The molecule has 0 saturated heterocycles. The van der Waals surface area contributed by atoms with Gasteiger partial charge in [-0.2, -0.15) is 5.26 Å². The van der Waals surface area contributed by atoms with Gasteiger partial charge in [0.05, 0.1) is 28.9 Å². The van der Waals surface area contributed by atoms with Crippen LogP contribution in [0.2, 0.25) is 0 Å². The first-order valence-corrected chi connectivity index (χ1v) is 7.60. The number of hydrogen-bond donors (Lipinski definition) is 3. The second-order valence-electron chi connectivity index (χ2n) is 4.47. The van der Waals surface area contributed by atoms with Crippen LogP contribution in [-0.2, 0) is 14.8 Å². The van der Waals surface area contributed by atoms with E-state index in [4.69, 9.17) is 16.1 Å². The molecule has 0 amide bonds. The van der Waals surface area contributed by atoms with Crippen molar-refractivity contribution in [2.75, 3.05) is 12.8 Å². The van der Waals surface area contributed by atoms with Gasteiger partial charge in [0.25, 0.3) is 0 Å². The smallest absolute Gasteiger partial charge is 0.357 e. The third-order valence-electron chi connectivity index (χ3n) is 3.08. The number of carbonyl (C=O) groups is 1. The van der Waals surface area contributed by atoms with E-state index < -0.39 is 21.7 Å². The van der Waals surface area contributed by atoms with E-state index in [1.165, 1.54) is 12.3 Å². The SMILES string of the molecule is COC(=O)c1c(N)c(C#N)cn1-c1ccc(S(N)(=O)=O)cc1O. The number of methoxy groups -OCH3 is 1. The molecule has 5 N–H and O–H groups in total. The Bertz CT molecular complexity index is 940. The molecule has 0 aliphatic rings. The lowest BCUT2D eigenvalue weighted by Crippen LogP contribution is -2.13. The standard InChI is InChI=1S/C13H12N4O5S/c1-22-13(19)12-11(15)7(5-14)6-17(12)9-3-2-8(4-10(9)18)23(16,20)21/h2-4,6,18H,15H2,1H3,(H2,16,20,21). The topological polar surface area (TPSA) is 161 Å². The predicted octanol–water partition coefficient (Wildman–Crippen LogP) is 0.0708. The highest BCUT2D eigenvalue weighted by atomic mass is 32.2. The van der Waals surface area contributed by atoms with E-state index in [2.05, 4.69) is 4.74 Å². The molecular formula is C13H12N4O5S. The Hall–Kier alpha value is -3.03. The van der Waals surface area contributed by atoms with Crippen LogP contribution in [-0.4, -0.2) is 31.2 Å². The predicted molar refractivity (Wildman–Crippen MR) is 79.3 cm³/mol. The number of anilines is 1. The highest BCUT2D eigenvalue weighted by molar-refractivity contribution is 7.89. The fourth-order valence-corrected chi connectivity index (χ4v) is 2.52. The number of benzene rings is 1. The van der Waals surface area contributed by atoms with Gasteiger partial charge in [0.2, 0.25) is 10.0 Å². The van der Waals surface area contributed by atoms with Gasteiger partial charge in [0.1, 0.15) is 11.8 Å². The molecule has 1 heterocycles. The molecule has 0 atom stereocenters. The number of ether oxygens (including phenoxy) is 1. The summed E-state index contributed by atoms with van der Waals surface area (Å²) in [7, 11) is -2.87. The van der Waals surface area contributed by atoms with E-state index >= 15 is 0 Å². The van der Waals surface area contributed by atoms with Crippen molar-refractivity contribution in [3.8, 4) is 17.5 Å². The Labute approximate surface area is 131 Å². The molecule has 0 aliphatic carbocycles. The summed E-state index contributed by atoms with van der Waals surface area (Å²) in [6, 6.07) is 5.10. The molecule has 0 bridgehead atoms. The van der Waals surface area contributed by atoms with Crippen LogP contribution in [0.3, 0.4) is 0 Å². The molecule has 1 aromatic heterocycles. The van der Waals surface area contributed by atoms with Gasteiger partial charge in [0.15, 0.2) is 5.69 Å². The third-order valence-corrected chi connectivity index (χ3v) is 3.99. The molecule has 23 heavy (non-hydrogen) atoms. The number of aromatic hydroxyl groups is 1. The van der Waals surface area contributed by atoms with Gasteiger partial charge in [0, 0.05) is 12.3 Å². The Morgan fingerprint density at radius 1 is 1.43 bits per heavy atom. The number of aromatic nitrogens is 1. The van der Waals surface area contributed by atoms with E-state index in [0.717, 1.165) is 23.8 Å². The number of rotatable bonds is 3. The first-order chi connectivity index (χ1) is 10.7. The third kappa shape index (κ3) is 2.83. The van der Waals surface area contributed by atoms with Crippen LogP contribution in [0.5, 0.6) is 5.75 Å². The van der Waals surface area contributed by atoms with Crippen LogP contribution >= 0.6 is 0 Å². The summed E-state index contributed by atoms with van der Waals surface area (Å²) < 4.78 is 28.3. The van der Waals surface area contributed by atoms with Crippen LogP contribution < -0.4 is 10.9 Å². The molecule has 0 radical (unpaired) electrons. The largest absolute Gasteiger partial charge is 0.506 e. The number of nitrogens with zero attached hydrogens (tertiary/aromatic N) is 2. The Morgan fingerprint density at radius 3 is 2.57 bits per heavy atom. The zero-order chi connectivity index (χ0) is 17.4. The number of primary sulfonamides is 1. The fourth-order valence-electron chi connectivity index (χ4n) is 1.99. The van der Waals surface area contributed by atoms with E-state index in [1.807, 2.05) is 6.07 Å². The molecule has 10 heteroatoms. The lowest BCUT2D eigenvalue weighted by atomic mass is 10.2. The molecule has 0 fully saturated rings. The molecule has 9 nitrogen and oxygen atoms in total. The summed E-state index contributed by atoms with van der Waals surface area (Å²) in [6.07, 6.45) is 1.23. The highest BCUT2D eigenvalue weighted by Gasteiger charge is 2.23. The molecule has 0 saturated carbocycles. The molecule has 1 aromatic carbocycles. The summed E-state index contributed by atoms with van der Waals surface area (Å²) in [5.74, 6) is -1.29. The number of hydrogen-bond acceptors (Lipinski definition) is 7. The second kappa shape index (κ2) is 5.64. The molecule has 0 aliphatic heterocycles. The van der Waals surface area contributed by atoms with Crippen molar-refractivity contribution in [1.82, 2.24) is 4.57 Å². The van der Waals surface area contributed by atoms with Crippen molar-refractivity contribution in [1.29, 1.82) is 5.26 Å². The lowest BCUT2D eigenvalue weighted by molar-refractivity contribution is 0.0593. The number of phenolic OH excluding ortho intramolecular Hbond substituents is 1. The van der Waals surface area contributed by atoms with Gasteiger partial charge < -0.3 is 20.1 Å². The monoisotopic (exact) mass is 336 g/mol. The number of esters is 1. The number of phenols is 1. The second-order valence-corrected chi connectivity index (χ2v) is 6.04. The average Bonchev–Trinajstić information content (AvgIpc) is 2.82. The summed E-state index contributed by atoms with van der Waals surface area (Å²) >= 11 is 0. The van der Waals surface area contributed by atoms with Crippen molar-refractivity contribution in [3.05, 3.63) is 35.7 Å². The minimum absolute atomic E-state index is 0.000299. The molecule has 2 aromatic rings. The van der Waals surface area contributed by atoms with E-state index in [1.54, 1.807) is 0 Å². The van der Waals surface area contributed by atoms with Gasteiger partial charge in [-0.25, -0.2) is 18.4 Å². The van der Waals surface area contributed by atoms with Crippen molar-refractivity contribution in [3.63, 3.8) is 0 Å². The zero-order valence-corrected chi connectivity index (χ0v) is 12.7. The molecule has 0 unspecified atom stereocenters. The summed E-state index contributed by atoms with van der Waals surface area (Å²) in [4.78, 5) is 11.6. The van der Waals surface area contributed by atoms with Gasteiger partial charge in [-0.1, -0.05) is 0 Å². The maximum atomic E-state index is 11.9. The lowest BCUT2D eigenvalue weighted by Gasteiger charge is -2.11. The number of sulfonamides is 1. The molecular weight excluding hydrogens is 324 g/mol. The summed E-state index contributed by atoms with van der Waals surface area (Å²) in [6.45, 7) is 0. The van der Waals surface area contributed by atoms with Crippen LogP contribution in [0.4, 0.5) is 5.69 Å². The summed E-state index contributed by atoms with van der Waals surface area (Å²) in [5, 5.41) is 24.0. The first kappa shape index (κ1) is 16.3. The quantitative estimate of drug-likeness (QED) is 0.668. The van der Waals surface area contributed by atoms with Gasteiger partial charge in [-0.05, 0) is 12.1 Å². The zero-order valence-electron chi connectivity index (χ0n) is 11.8. The maximum Gasteiger partial charge on any atom is 0.357 e. The van der Waals surface area contributed by atoms with E-state index in [9.17, 15) is 18.3 Å². The average molecular weight is 336 g/mol. The van der Waals surface area contributed by atoms with Crippen molar-refractivity contribution in [2.45, 2.75) is 4.90 Å². The minimum Gasteiger partial charge on any atom is -0.506 e. The molecule has 2 rings (SSSR count).